The molecule has 0 bridgehead atoms. The Morgan fingerprint density at radius 1 is 1.04 bits per heavy atom. The molecule has 8 heteroatoms. The second-order valence-corrected chi connectivity index (χ2v) is 7.51. The minimum absolute atomic E-state index is 0.0760. The molecule has 0 aliphatic rings. The number of aryl methyl sites for hydroxylation is 1. The number of nitrogens with zero attached hydrogens (tertiary/aromatic N) is 2. The highest BCUT2D eigenvalue weighted by molar-refractivity contribution is 7.19. The molecule has 146 valence electrons. The third kappa shape index (κ3) is 4.83. The average Bonchev–Trinajstić information content (AvgIpc) is 3.02. The molecule has 2 amide bonds. The van der Waals surface area contributed by atoms with Crippen LogP contribution in [0.4, 0.5) is 5.82 Å². The van der Waals surface area contributed by atoms with Crippen LogP contribution in [-0.2, 0) is 9.59 Å². The number of anilines is 1. The quantitative estimate of drug-likeness (QED) is 0.508. The number of aromatic nitrogens is 2. The third-order valence-electron chi connectivity index (χ3n) is 4.19. The van der Waals surface area contributed by atoms with Crippen molar-refractivity contribution in [1.82, 2.24) is 20.6 Å². The highest BCUT2D eigenvalue weighted by Crippen LogP contribution is 2.40. The molecule has 0 spiro atoms. The minimum Gasteiger partial charge on any atom is -0.369 e. The third-order valence-corrected chi connectivity index (χ3v) is 5.21. The Kier molecular flexibility index (Phi) is 6.54. The van der Waals surface area contributed by atoms with Crippen LogP contribution in [0.5, 0.6) is 0 Å². The number of nitrogens with one attached hydrogen (secondary N) is 3. The van der Waals surface area contributed by atoms with Gasteiger partial charge in [-0.25, -0.2) is 9.97 Å². The topological polar surface area (TPSA) is 96.0 Å². The Balaban J connectivity index is 1.67. The molecule has 0 fully saturated rings. The number of carbonyl (C=O) groups is 2. The number of carbonyl (C=O) groups excluding carboxylic acids is 2. The van der Waals surface area contributed by atoms with Gasteiger partial charge >= 0.3 is 0 Å². The average molecular weight is 398 g/mol. The van der Waals surface area contributed by atoms with Gasteiger partial charge in [-0.3, -0.25) is 9.59 Å². The molecule has 2 heterocycles. The Morgan fingerprint density at radius 2 is 1.79 bits per heavy atom. The van der Waals surface area contributed by atoms with Gasteiger partial charge in [0.15, 0.2) is 0 Å². The summed E-state index contributed by atoms with van der Waals surface area (Å²) >= 11 is 1.64. The lowest BCUT2D eigenvalue weighted by Crippen LogP contribution is -2.34. The number of hydrogen-bond acceptors (Lipinski definition) is 6. The highest BCUT2D eigenvalue weighted by atomic mass is 32.1. The molecule has 3 rings (SSSR count). The van der Waals surface area contributed by atoms with Gasteiger partial charge < -0.3 is 16.0 Å². The Hall–Kier alpha value is -3.00. The lowest BCUT2D eigenvalue weighted by molar-refractivity contribution is -0.121. The van der Waals surface area contributed by atoms with E-state index in [2.05, 4.69) is 45.0 Å². The minimum atomic E-state index is -0.107. The molecule has 0 saturated carbocycles. The number of thiophene rings is 1. The van der Waals surface area contributed by atoms with E-state index in [9.17, 15) is 9.59 Å². The summed E-state index contributed by atoms with van der Waals surface area (Å²) in [5.74, 6) is 0.552. The van der Waals surface area contributed by atoms with Crippen molar-refractivity contribution in [3.05, 3.63) is 41.5 Å². The van der Waals surface area contributed by atoms with Gasteiger partial charge in [0.1, 0.15) is 17.0 Å². The van der Waals surface area contributed by atoms with Gasteiger partial charge in [-0.1, -0.05) is 30.3 Å². The molecule has 0 aliphatic carbocycles. The van der Waals surface area contributed by atoms with Gasteiger partial charge in [-0.15, -0.1) is 11.3 Å². The fourth-order valence-corrected chi connectivity index (χ4v) is 3.97. The molecule has 3 N–H and O–H groups in total. The van der Waals surface area contributed by atoms with E-state index in [-0.39, 0.29) is 11.8 Å². The lowest BCUT2D eigenvalue weighted by Gasteiger charge is -2.09. The van der Waals surface area contributed by atoms with Crippen molar-refractivity contribution in [3.8, 4) is 11.1 Å². The molecule has 0 atom stereocenters. The number of rotatable bonds is 8. The number of amides is 2. The van der Waals surface area contributed by atoms with Crippen LogP contribution in [0.3, 0.4) is 0 Å². The summed E-state index contributed by atoms with van der Waals surface area (Å²) in [6, 6.07) is 10.2. The van der Waals surface area contributed by atoms with Gasteiger partial charge in [0.25, 0.3) is 0 Å². The smallest absolute Gasteiger partial charge is 0.221 e. The summed E-state index contributed by atoms with van der Waals surface area (Å²) in [7, 11) is 0. The van der Waals surface area contributed by atoms with E-state index in [1.54, 1.807) is 17.7 Å². The molecule has 0 saturated heterocycles. The zero-order chi connectivity index (χ0) is 19.9. The van der Waals surface area contributed by atoms with Crippen molar-refractivity contribution in [2.45, 2.75) is 20.3 Å². The Bertz CT molecular complexity index is 971. The molecular formula is C20H23N5O2S. The summed E-state index contributed by atoms with van der Waals surface area (Å²) in [4.78, 5) is 33.7. The second-order valence-electron chi connectivity index (χ2n) is 6.31. The van der Waals surface area contributed by atoms with E-state index < -0.39 is 0 Å². The van der Waals surface area contributed by atoms with E-state index in [1.807, 2.05) is 18.2 Å². The van der Waals surface area contributed by atoms with E-state index in [4.69, 9.17) is 0 Å². The van der Waals surface area contributed by atoms with Crippen LogP contribution in [0.25, 0.3) is 21.3 Å². The molecule has 2 aromatic heterocycles. The normalized spacial score (nSPS) is 10.6. The van der Waals surface area contributed by atoms with Crippen LogP contribution in [-0.4, -0.2) is 41.4 Å². The monoisotopic (exact) mass is 397 g/mol. The maximum atomic E-state index is 11.9. The first-order valence-electron chi connectivity index (χ1n) is 9.11. The van der Waals surface area contributed by atoms with E-state index >= 15 is 0 Å². The van der Waals surface area contributed by atoms with Crippen molar-refractivity contribution < 1.29 is 9.59 Å². The van der Waals surface area contributed by atoms with Gasteiger partial charge in [0, 0.05) is 43.4 Å². The van der Waals surface area contributed by atoms with Gasteiger partial charge in [0.2, 0.25) is 11.8 Å². The summed E-state index contributed by atoms with van der Waals surface area (Å²) < 4.78 is 0. The SMILES string of the molecule is CC(=O)NCCNC(=O)CCNc1ncnc2sc(C)c(-c3ccccc3)c12. The predicted octanol–water partition coefficient (Wildman–Crippen LogP) is 2.72. The zero-order valence-corrected chi connectivity index (χ0v) is 16.7. The molecule has 0 radical (unpaired) electrons. The van der Waals surface area contributed by atoms with Crippen LogP contribution >= 0.6 is 11.3 Å². The molecule has 7 nitrogen and oxygen atoms in total. The van der Waals surface area contributed by atoms with Crippen LogP contribution in [0.2, 0.25) is 0 Å². The first-order chi connectivity index (χ1) is 13.6. The van der Waals surface area contributed by atoms with Crippen LogP contribution in [0.15, 0.2) is 36.7 Å². The number of fused-ring (bicyclic) bond motifs is 1. The molecule has 0 unspecified atom stereocenters. The van der Waals surface area contributed by atoms with Gasteiger partial charge in [-0.05, 0) is 12.5 Å². The Morgan fingerprint density at radius 3 is 2.54 bits per heavy atom. The maximum Gasteiger partial charge on any atom is 0.221 e. The number of hydrogen-bond donors (Lipinski definition) is 3. The first-order valence-corrected chi connectivity index (χ1v) is 9.92. The highest BCUT2D eigenvalue weighted by Gasteiger charge is 2.16. The van der Waals surface area contributed by atoms with Crippen LogP contribution in [0.1, 0.15) is 18.2 Å². The Labute approximate surface area is 167 Å². The van der Waals surface area contributed by atoms with Crippen LogP contribution < -0.4 is 16.0 Å². The zero-order valence-electron chi connectivity index (χ0n) is 15.9. The van der Waals surface area contributed by atoms with Crippen molar-refractivity contribution >= 4 is 39.2 Å². The van der Waals surface area contributed by atoms with E-state index in [1.165, 1.54) is 11.8 Å². The predicted molar refractivity (Wildman–Crippen MR) is 112 cm³/mol. The van der Waals surface area contributed by atoms with Crippen molar-refractivity contribution in [1.29, 1.82) is 0 Å². The van der Waals surface area contributed by atoms with E-state index in [0.717, 1.165) is 27.2 Å². The molecular weight excluding hydrogens is 374 g/mol. The molecule has 3 aromatic rings. The van der Waals surface area contributed by atoms with Gasteiger partial charge in [0.05, 0.1) is 5.39 Å². The molecule has 1 aromatic carbocycles. The second kappa shape index (κ2) is 9.27. The fourth-order valence-electron chi connectivity index (χ4n) is 2.95. The summed E-state index contributed by atoms with van der Waals surface area (Å²) in [5.41, 5.74) is 2.25. The maximum absolute atomic E-state index is 11.9. The van der Waals surface area contributed by atoms with Crippen LogP contribution in [0, 0.1) is 6.92 Å². The fraction of sp³-hybridized carbons (Fsp3) is 0.300. The molecule has 0 aliphatic heterocycles. The first kappa shape index (κ1) is 19.8. The largest absolute Gasteiger partial charge is 0.369 e. The summed E-state index contributed by atoms with van der Waals surface area (Å²) in [6.07, 6.45) is 1.86. The number of benzene rings is 1. The summed E-state index contributed by atoms with van der Waals surface area (Å²) in [5, 5.41) is 9.68. The standard InChI is InChI=1S/C20H23N5O2S/c1-13-17(15-6-4-3-5-7-15)18-19(24-12-25-20(18)28-13)23-9-8-16(27)22-11-10-21-14(2)26/h3-7,12H,8-11H2,1-2H3,(H,21,26)(H,22,27)(H,23,24,25). The lowest BCUT2D eigenvalue weighted by atomic mass is 10.0. The van der Waals surface area contributed by atoms with Gasteiger partial charge in [-0.2, -0.15) is 0 Å². The van der Waals surface area contributed by atoms with E-state index in [0.29, 0.717) is 26.1 Å². The summed E-state index contributed by atoms with van der Waals surface area (Å²) in [6.45, 7) is 4.83. The van der Waals surface area contributed by atoms with Crippen molar-refractivity contribution in [2.75, 3.05) is 25.0 Å². The van der Waals surface area contributed by atoms with Crippen molar-refractivity contribution in [3.63, 3.8) is 0 Å². The molecule has 28 heavy (non-hydrogen) atoms. The van der Waals surface area contributed by atoms with Crippen molar-refractivity contribution in [2.24, 2.45) is 0 Å².